The fourth-order valence-corrected chi connectivity index (χ4v) is 2.38. The number of guanidine groups is 1. The van der Waals surface area contributed by atoms with Crippen molar-refractivity contribution in [2.75, 3.05) is 19.6 Å². The average Bonchev–Trinajstić information content (AvgIpc) is 2.78. The number of nitrogens with one attached hydrogen (secondary N) is 2. The van der Waals surface area contributed by atoms with Gasteiger partial charge in [0.15, 0.2) is 5.96 Å². The van der Waals surface area contributed by atoms with Crippen LogP contribution in [0, 0.1) is 5.92 Å². The van der Waals surface area contributed by atoms with Crippen molar-refractivity contribution in [1.29, 1.82) is 0 Å². The molecular weight excluding hydrogens is 198 g/mol. The van der Waals surface area contributed by atoms with E-state index in [1.807, 2.05) is 0 Å². The predicted octanol–water partition coefficient (Wildman–Crippen LogP) is 2.53. The van der Waals surface area contributed by atoms with Gasteiger partial charge in [-0.15, -0.1) is 0 Å². The Labute approximate surface area is 100 Å². The lowest BCUT2D eigenvalue weighted by Gasteiger charge is -2.10. The molecule has 0 unspecified atom stereocenters. The Balaban J connectivity index is 2.11. The maximum absolute atomic E-state index is 4.56. The highest BCUT2D eigenvalue weighted by Gasteiger charge is 2.13. The lowest BCUT2D eigenvalue weighted by molar-refractivity contribution is 0.487. The summed E-state index contributed by atoms with van der Waals surface area (Å²) >= 11 is 0. The molecule has 2 N–H and O–H groups in total. The molecule has 0 atom stereocenters. The SMILES string of the molecule is CCNC(=NCCCC1CCCC1)NCC. The lowest BCUT2D eigenvalue weighted by Crippen LogP contribution is -2.37. The van der Waals surface area contributed by atoms with E-state index in [4.69, 9.17) is 0 Å². The van der Waals surface area contributed by atoms with Crippen molar-refractivity contribution < 1.29 is 0 Å². The Bertz CT molecular complexity index is 187. The molecule has 0 bridgehead atoms. The second kappa shape index (κ2) is 8.43. The molecule has 0 aromatic heterocycles. The van der Waals surface area contributed by atoms with Crippen LogP contribution in [0.25, 0.3) is 0 Å². The summed E-state index contributed by atoms with van der Waals surface area (Å²) in [6.07, 6.45) is 8.43. The first-order valence-corrected chi connectivity index (χ1v) is 6.89. The molecule has 0 radical (unpaired) electrons. The van der Waals surface area contributed by atoms with Crippen LogP contribution in [-0.4, -0.2) is 25.6 Å². The summed E-state index contributed by atoms with van der Waals surface area (Å²) in [4.78, 5) is 4.56. The minimum atomic E-state index is 0.939. The first-order valence-electron chi connectivity index (χ1n) is 6.89. The van der Waals surface area contributed by atoms with E-state index in [2.05, 4.69) is 29.5 Å². The summed E-state index contributed by atoms with van der Waals surface area (Å²) in [5.41, 5.74) is 0. The highest BCUT2D eigenvalue weighted by atomic mass is 15.2. The van der Waals surface area contributed by atoms with E-state index in [9.17, 15) is 0 Å². The molecule has 1 saturated carbocycles. The molecule has 94 valence electrons. The zero-order chi connectivity index (χ0) is 11.6. The van der Waals surface area contributed by atoms with Crippen LogP contribution in [0.15, 0.2) is 4.99 Å². The van der Waals surface area contributed by atoms with Crippen molar-refractivity contribution in [3.63, 3.8) is 0 Å². The molecule has 0 aromatic rings. The van der Waals surface area contributed by atoms with Crippen LogP contribution in [0.4, 0.5) is 0 Å². The van der Waals surface area contributed by atoms with Gasteiger partial charge >= 0.3 is 0 Å². The van der Waals surface area contributed by atoms with Crippen LogP contribution >= 0.6 is 0 Å². The molecular formula is C13H27N3. The summed E-state index contributed by atoms with van der Waals surface area (Å²) in [5, 5.41) is 6.50. The van der Waals surface area contributed by atoms with E-state index in [1.165, 1.54) is 38.5 Å². The van der Waals surface area contributed by atoms with Gasteiger partial charge in [-0.1, -0.05) is 25.7 Å². The van der Waals surface area contributed by atoms with E-state index in [0.717, 1.165) is 31.5 Å². The first kappa shape index (κ1) is 13.3. The Morgan fingerprint density at radius 1 is 1.12 bits per heavy atom. The van der Waals surface area contributed by atoms with Gasteiger partial charge in [-0.3, -0.25) is 4.99 Å². The van der Waals surface area contributed by atoms with Crippen LogP contribution in [0.2, 0.25) is 0 Å². The summed E-state index contributed by atoms with van der Waals surface area (Å²) < 4.78 is 0. The number of nitrogens with zero attached hydrogens (tertiary/aromatic N) is 1. The van der Waals surface area contributed by atoms with Gasteiger partial charge in [0.05, 0.1) is 0 Å². The third-order valence-electron chi connectivity index (χ3n) is 3.20. The van der Waals surface area contributed by atoms with Crippen molar-refractivity contribution in [2.45, 2.75) is 52.4 Å². The topological polar surface area (TPSA) is 36.4 Å². The average molecular weight is 225 g/mol. The van der Waals surface area contributed by atoms with Crippen LogP contribution < -0.4 is 10.6 Å². The van der Waals surface area contributed by atoms with Crippen LogP contribution in [0.1, 0.15) is 52.4 Å². The van der Waals surface area contributed by atoms with Gasteiger partial charge in [-0.25, -0.2) is 0 Å². The highest BCUT2D eigenvalue weighted by molar-refractivity contribution is 5.79. The normalized spacial score (nSPS) is 16.1. The molecule has 0 aromatic carbocycles. The van der Waals surface area contributed by atoms with E-state index in [1.54, 1.807) is 0 Å². The maximum atomic E-state index is 4.56. The molecule has 0 heterocycles. The number of rotatable bonds is 6. The van der Waals surface area contributed by atoms with E-state index >= 15 is 0 Å². The predicted molar refractivity (Wildman–Crippen MR) is 70.8 cm³/mol. The summed E-state index contributed by atoms with van der Waals surface area (Å²) in [6, 6.07) is 0. The standard InChI is InChI=1S/C13H27N3/c1-3-14-13(15-4-2)16-11-7-10-12-8-5-6-9-12/h12H,3-11H2,1-2H3,(H2,14,15,16). The Morgan fingerprint density at radius 3 is 2.31 bits per heavy atom. The van der Waals surface area contributed by atoms with Crippen LogP contribution in [0.5, 0.6) is 0 Å². The second-order valence-electron chi connectivity index (χ2n) is 4.58. The monoisotopic (exact) mass is 225 g/mol. The van der Waals surface area contributed by atoms with Crippen molar-refractivity contribution in [3.05, 3.63) is 0 Å². The van der Waals surface area contributed by atoms with E-state index in [0.29, 0.717) is 0 Å². The zero-order valence-corrected chi connectivity index (χ0v) is 10.9. The van der Waals surface area contributed by atoms with Gasteiger partial charge < -0.3 is 10.6 Å². The molecule has 16 heavy (non-hydrogen) atoms. The fourth-order valence-electron chi connectivity index (χ4n) is 2.38. The molecule has 0 spiro atoms. The van der Waals surface area contributed by atoms with Crippen molar-refractivity contribution in [2.24, 2.45) is 10.9 Å². The van der Waals surface area contributed by atoms with E-state index < -0.39 is 0 Å². The van der Waals surface area contributed by atoms with Crippen molar-refractivity contribution in [1.82, 2.24) is 10.6 Å². The molecule has 0 amide bonds. The van der Waals surface area contributed by atoms with Gasteiger partial charge in [0.25, 0.3) is 0 Å². The lowest BCUT2D eigenvalue weighted by atomic mass is 10.0. The molecule has 3 heteroatoms. The molecule has 0 aliphatic heterocycles. The summed E-state index contributed by atoms with van der Waals surface area (Å²) in [5.74, 6) is 1.97. The smallest absolute Gasteiger partial charge is 0.191 e. The number of aliphatic imine (C=N–C) groups is 1. The molecule has 1 fully saturated rings. The molecule has 1 aliphatic carbocycles. The second-order valence-corrected chi connectivity index (χ2v) is 4.58. The van der Waals surface area contributed by atoms with Gasteiger partial charge in [0.1, 0.15) is 0 Å². The first-order chi connectivity index (χ1) is 7.86. The van der Waals surface area contributed by atoms with Gasteiger partial charge in [-0.05, 0) is 32.6 Å². The summed E-state index contributed by atoms with van der Waals surface area (Å²) in [6.45, 7) is 7.05. The Morgan fingerprint density at radius 2 is 1.75 bits per heavy atom. The Hall–Kier alpha value is -0.730. The Kier molecular flexibility index (Phi) is 7.02. The van der Waals surface area contributed by atoms with Crippen molar-refractivity contribution in [3.8, 4) is 0 Å². The molecule has 1 aliphatic rings. The zero-order valence-electron chi connectivity index (χ0n) is 10.9. The largest absolute Gasteiger partial charge is 0.357 e. The third-order valence-corrected chi connectivity index (χ3v) is 3.20. The van der Waals surface area contributed by atoms with Crippen LogP contribution in [0.3, 0.4) is 0 Å². The van der Waals surface area contributed by atoms with Gasteiger partial charge in [-0.2, -0.15) is 0 Å². The minimum absolute atomic E-state index is 0.939. The fraction of sp³-hybridized carbons (Fsp3) is 0.923. The van der Waals surface area contributed by atoms with Crippen LogP contribution in [-0.2, 0) is 0 Å². The quantitative estimate of drug-likeness (QED) is 0.414. The van der Waals surface area contributed by atoms with Gasteiger partial charge in [0, 0.05) is 19.6 Å². The maximum Gasteiger partial charge on any atom is 0.191 e. The third kappa shape index (κ3) is 5.38. The summed E-state index contributed by atoms with van der Waals surface area (Å²) in [7, 11) is 0. The molecule has 1 rings (SSSR count). The number of hydrogen-bond donors (Lipinski definition) is 2. The number of hydrogen-bond acceptors (Lipinski definition) is 1. The minimum Gasteiger partial charge on any atom is -0.357 e. The molecule has 0 saturated heterocycles. The highest BCUT2D eigenvalue weighted by Crippen LogP contribution is 2.28. The van der Waals surface area contributed by atoms with Gasteiger partial charge in [0.2, 0.25) is 0 Å². The molecule has 3 nitrogen and oxygen atoms in total. The van der Waals surface area contributed by atoms with E-state index in [-0.39, 0.29) is 0 Å². The van der Waals surface area contributed by atoms with Crippen molar-refractivity contribution >= 4 is 5.96 Å².